The van der Waals surface area contributed by atoms with Crippen molar-refractivity contribution in [2.75, 3.05) is 0 Å². The van der Waals surface area contributed by atoms with Crippen LogP contribution in [0.4, 0.5) is 0 Å². The fourth-order valence-corrected chi connectivity index (χ4v) is 2.98. The molecule has 3 heterocycles. The number of aromatic nitrogens is 4. The second kappa shape index (κ2) is 4.92. The van der Waals surface area contributed by atoms with Crippen LogP contribution in [-0.2, 0) is 6.54 Å². The van der Waals surface area contributed by atoms with Gasteiger partial charge in [0, 0.05) is 17.8 Å². The Morgan fingerprint density at radius 3 is 2.95 bits per heavy atom. The molecule has 0 aliphatic heterocycles. The van der Waals surface area contributed by atoms with E-state index in [0.717, 1.165) is 22.0 Å². The van der Waals surface area contributed by atoms with E-state index >= 15 is 0 Å². The van der Waals surface area contributed by atoms with Gasteiger partial charge < -0.3 is 9.55 Å². The van der Waals surface area contributed by atoms with Gasteiger partial charge in [0.15, 0.2) is 4.77 Å². The molecule has 0 amide bonds. The molecule has 1 aromatic carbocycles. The van der Waals surface area contributed by atoms with Gasteiger partial charge in [-0.3, -0.25) is 14.8 Å². The number of pyridine rings is 1. The van der Waals surface area contributed by atoms with Gasteiger partial charge in [-0.15, -0.1) is 0 Å². The maximum absolute atomic E-state index is 11.9. The first-order valence-electron chi connectivity index (χ1n) is 6.87. The number of H-pyrrole nitrogens is 2. The highest BCUT2D eigenvalue weighted by Crippen LogP contribution is 2.19. The number of para-hydroxylation sites is 1. The molecule has 4 aromatic rings. The number of hydrogen-bond acceptors (Lipinski definition) is 3. The molecule has 6 heteroatoms. The molecule has 0 bridgehead atoms. The third-order valence-corrected chi connectivity index (χ3v) is 4.10. The van der Waals surface area contributed by atoms with Crippen LogP contribution < -0.4 is 5.56 Å². The molecular formula is C16H12N4OS. The maximum atomic E-state index is 11.9. The quantitative estimate of drug-likeness (QED) is 0.559. The predicted octanol–water partition coefficient (Wildman–Crippen LogP) is 2.98. The van der Waals surface area contributed by atoms with Crippen LogP contribution in [0.1, 0.15) is 5.56 Å². The molecule has 108 valence electrons. The zero-order valence-corrected chi connectivity index (χ0v) is 12.4. The normalized spacial score (nSPS) is 11.3. The first-order valence-corrected chi connectivity index (χ1v) is 7.28. The van der Waals surface area contributed by atoms with E-state index in [1.165, 1.54) is 0 Å². The van der Waals surface area contributed by atoms with Gasteiger partial charge in [0.2, 0.25) is 0 Å². The molecule has 4 rings (SSSR count). The highest BCUT2D eigenvalue weighted by molar-refractivity contribution is 7.71. The molecule has 0 radical (unpaired) electrons. The number of rotatable bonds is 2. The summed E-state index contributed by atoms with van der Waals surface area (Å²) >= 11 is 5.33. The first kappa shape index (κ1) is 13.0. The molecule has 0 unspecified atom stereocenters. The van der Waals surface area contributed by atoms with E-state index in [2.05, 4.69) is 15.0 Å². The number of aromatic amines is 2. The Balaban J connectivity index is 1.96. The van der Waals surface area contributed by atoms with Crippen molar-refractivity contribution in [3.8, 4) is 0 Å². The van der Waals surface area contributed by atoms with Crippen molar-refractivity contribution >= 4 is 34.2 Å². The van der Waals surface area contributed by atoms with Crippen LogP contribution in [0.25, 0.3) is 21.9 Å². The Morgan fingerprint density at radius 2 is 2.05 bits per heavy atom. The molecule has 0 aliphatic rings. The zero-order chi connectivity index (χ0) is 15.1. The highest BCUT2D eigenvalue weighted by Gasteiger charge is 2.08. The van der Waals surface area contributed by atoms with Crippen LogP contribution >= 0.6 is 12.2 Å². The van der Waals surface area contributed by atoms with Gasteiger partial charge in [0.25, 0.3) is 5.56 Å². The van der Waals surface area contributed by atoms with Gasteiger partial charge in [0.05, 0.1) is 17.6 Å². The Morgan fingerprint density at radius 1 is 1.18 bits per heavy atom. The second-order valence-electron chi connectivity index (χ2n) is 5.07. The van der Waals surface area contributed by atoms with Crippen LogP contribution in [0.3, 0.4) is 0 Å². The van der Waals surface area contributed by atoms with Crippen molar-refractivity contribution in [1.82, 2.24) is 19.5 Å². The second-order valence-corrected chi connectivity index (χ2v) is 5.46. The summed E-state index contributed by atoms with van der Waals surface area (Å²) in [4.78, 5) is 21.9. The summed E-state index contributed by atoms with van der Waals surface area (Å²) in [5.41, 5.74) is 3.19. The molecule has 0 spiro atoms. The number of nitrogens with one attached hydrogen (secondary N) is 2. The molecule has 0 saturated carbocycles. The molecule has 5 nitrogen and oxygen atoms in total. The number of benzene rings is 1. The van der Waals surface area contributed by atoms with Gasteiger partial charge >= 0.3 is 0 Å². The van der Waals surface area contributed by atoms with Crippen LogP contribution in [0.15, 0.2) is 53.6 Å². The summed E-state index contributed by atoms with van der Waals surface area (Å²) in [6.07, 6.45) is 3.54. The minimum atomic E-state index is -0.194. The summed E-state index contributed by atoms with van der Waals surface area (Å²) in [7, 11) is 0. The number of hydrogen-bond donors (Lipinski definition) is 2. The van der Waals surface area contributed by atoms with Crippen molar-refractivity contribution < 1.29 is 0 Å². The molecule has 0 aliphatic carbocycles. The summed E-state index contributed by atoms with van der Waals surface area (Å²) in [6, 6.07) is 11.8. The van der Waals surface area contributed by atoms with Crippen molar-refractivity contribution in [2.24, 2.45) is 0 Å². The van der Waals surface area contributed by atoms with E-state index < -0.39 is 0 Å². The van der Waals surface area contributed by atoms with Crippen LogP contribution in [-0.4, -0.2) is 19.5 Å². The van der Waals surface area contributed by atoms with Crippen molar-refractivity contribution in [3.63, 3.8) is 0 Å². The molecular weight excluding hydrogens is 296 g/mol. The Kier molecular flexibility index (Phi) is 2.90. The Hall–Kier alpha value is -2.73. The first-order chi connectivity index (χ1) is 10.7. The lowest BCUT2D eigenvalue weighted by Gasteiger charge is -2.11. The standard InChI is InChI=1S/C16H12N4OS/c21-15-14-13(6-8-18-14)20(16(22)19-15)9-10-5-7-17-12-4-2-1-3-11(10)12/h1-8,18H,9H2,(H,19,21,22). The minimum absolute atomic E-state index is 0.194. The summed E-state index contributed by atoms with van der Waals surface area (Å²) in [5.74, 6) is 0. The van der Waals surface area contributed by atoms with Crippen molar-refractivity contribution in [1.29, 1.82) is 0 Å². The fraction of sp³-hybridized carbons (Fsp3) is 0.0625. The molecule has 0 saturated heterocycles. The smallest absolute Gasteiger partial charge is 0.276 e. The summed E-state index contributed by atoms with van der Waals surface area (Å²) in [5, 5.41) is 1.08. The average molecular weight is 308 g/mol. The maximum Gasteiger partial charge on any atom is 0.276 e. The largest absolute Gasteiger partial charge is 0.355 e. The third-order valence-electron chi connectivity index (χ3n) is 3.78. The Bertz CT molecular complexity index is 1100. The van der Waals surface area contributed by atoms with Gasteiger partial charge in [-0.25, -0.2) is 0 Å². The number of nitrogens with zero attached hydrogens (tertiary/aromatic N) is 2. The van der Waals surface area contributed by atoms with E-state index in [4.69, 9.17) is 12.2 Å². The van der Waals surface area contributed by atoms with Crippen LogP contribution in [0.2, 0.25) is 0 Å². The lowest BCUT2D eigenvalue weighted by atomic mass is 10.1. The fourth-order valence-electron chi connectivity index (χ4n) is 2.72. The summed E-state index contributed by atoms with van der Waals surface area (Å²) < 4.78 is 2.34. The van der Waals surface area contributed by atoms with E-state index in [-0.39, 0.29) is 5.56 Å². The van der Waals surface area contributed by atoms with E-state index in [1.54, 1.807) is 12.4 Å². The van der Waals surface area contributed by atoms with Gasteiger partial charge in [-0.1, -0.05) is 18.2 Å². The van der Waals surface area contributed by atoms with Gasteiger partial charge in [-0.05, 0) is 36.0 Å². The molecule has 0 atom stereocenters. The lowest BCUT2D eigenvalue weighted by molar-refractivity contribution is 0.786. The Labute approximate surface area is 130 Å². The van der Waals surface area contributed by atoms with Crippen LogP contribution in [0, 0.1) is 4.77 Å². The number of fused-ring (bicyclic) bond motifs is 2. The van der Waals surface area contributed by atoms with Gasteiger partial charge in [0.1, 0.15) is 5.52 Å². The predicted molar refractivity (Wildman–Crippen MR) is 88.6 cm³/mol. The van der Waals surface area contributed by atoms with E-state index in [0.29, 0.717) is 16.8 Å². The van der Waals surface area contributed by atoms with Crippen LogP contribution in [0.5, 0.6) is 0 Å². The monoisotopic (exact) mass is 308 g/mol. The van der Waals surface area contributed by atoms with E-state index in [9.17, 15) is 4.79 Å². The van der Waals surface area contributed by atoms with Gasteiger partial charge in [-0.2, -0.15) is 0 Å². The molecule has 3 aromatic heterocycles. The third kappa shape index (κ3) is 1.96. The highest BCUT2D eigenvalue weighted by atomic mass is 32.1. The van der Waals surface area contributed by atoms with E-state index in [1.807, 2.05) is 41.0 Å². The lowest BCUT2D eigenvalue weighted by Crippen LogP contribution is -2.14. The topological polar surface area (TPSA) is 66.5 Å². The minimum Gasteiger partial charge on any atom is -0.355 e. The molecule has 0 fully saturated rings. The molecule has 2 N–H and O–H groups in total. The molecule has 22 heavy (non-hydrogen) atoms. The SMILES string of the molecule is O=c1[nH]c(=S)n(Cc2ccnc3ccccc23)c2cc[nH]c12. The average Bonchev–Trinajstić information content (AvgIpc) is 3.01. The van der Waals surface area contributed by atoms with Crippen molar-refractivity contribution in [2.45, 2.75) is 6.54 Å². The summed E-state index contributed by atoms with van der Waals surface area (Å²) in [6.45, 7) is 0.576. The zero-order valence-electron chi connectivity index (χ0n) is 11.5. The van der Waals surface area contributed by atoms with Crippen molar-refractivity contribution in [3.05, 3.63) is 69.5 Å².